The first-order chi connectivity index (χ1) is 35.5. The van der Waals surface area contributed by atoms with E-state index in [1.807, 2.05) is 0 Å². The van der Waals surface area contributed by atoms with Crippen molar-refractivity contribution in [3.8, 4) is 0 Å². The maximum atomic E-state index is 9.96. The van der Waals surface area contributed by atoms with Crippen LogP contribution in [-0.2, 0) is 18.9 Å². The van der Waals surface area contributed by atoms with Crippen LogP contribution in [0.15, 0.2) is 89.5 Å². The van der Waals surface area contributed by atoms with Gasteiger partial charge in [-0.2, -0.15) is 20.0 Å². The van der Waals surface area contributed by atoms with E-state index in [0.29, 0.717) is 0 Å². The lowest BCUT2D eigenvalue weighted by molar-refractivity contribution is -0.0607. The fraction of sp³-hybridized carbons (Fsp3) is 0.556. The summed E-state index contributed by atoms with van der Waals surface area (Å²) in [5.74, 6) is -1.01. The highest BCUT2D eigenvalue weighted by atomic mass is 16.6. The third kappa shape index (κ3) is 11.7. The van der Waals surface area contributed by atoms with Gasteiger partial charge in [-0.25, -0.2) is 20.0 Å². The minimum absolute atomic E-state index is 0.0176. The molecule has 32 nitrogen and oxygen atoms in total. The SMILES string of the molecule is [2H]C1=NC(N)=NC(=C)N1[C@@H]1O[C@H](C([2H])([2H])O)C(O)[C@@H]1O.[2H]C1=NC(N)=NC(=C)N1[C@@H]1O[C@H](CO)C(O)[C@]1([2H])O.[2H]C1=NC(N)=NC(=C)N1[C@@H]1O[C@H](CO)C([2H])(O)[C@@H]1O.[2H]C1=NC(N)=NC(=C)N1[C@]1([2H])O[C@H](CO)C(O)[C@@H]1O. The van der Waals surface area contributed by atoms with Crippen molar-refractivity contribution >= 4 is 49.1 Å². The number of aliphatic imine (C=N–C) groups is 8. The molecule has 0 aromatic heterocycles. The van der Waals surface area contributed by atoms with E-state index in [4.69, 9.17) is 69.5 Å². The molecule has 68 heavy (non-hydrogen) atoms. The zero-order chi connectivity index (χ0) is 58.3. The van der Waals surface area contributed by atoms with Crippen LogP contribution in [-0.4, -0.2) is 254 Å². The average molecular weight is 978 g/mol. The average Bonchev–Trinajstić information content (AvgIpc) is 3.90. The van der Waals surface area contributed by atoms with Crippen LogP contribution in [0.1, 0.15) is 12.3 Å². The van der Waals surface area contributed by atoms with Crippen molar-refractivity contribution in [1.29, 1.82) is 0 Å². The normalized spacial score (nSPS) is 43.4. The lowest BCUT2D eigenvalue weighted by Gasteiger charge is -2.29. The quantitative estimate of drug-likeness (QED) is 0.107. The highest BCUT2D eigenvalue weighted by Crippen LogP contribution is 2.30. The van der Waals surface area contributed by atoms with Crippen LogP contribution in [0.5, 0.6) is 0 Å². The molecule has 20 N–H and O–H groups in total. The summed E-state index contributed by atoms with van der Waals surface area (Å²) in [6.45, 7) is 9.37. The summed E-state index contributed by atoms with van der Waals surface area (Å²) in [6.07, 6.45) is -28.2. The summed E-state index contributed by atoms with van der Waals surface area (Å²) in [5.41, 5.74) is 21.4. The Balaban J connectivity index is 0.000000189. The molecular formula is C36H56N16O16. The molecule has 8 aliphatic rings. The van der Waals surface area contributed by atoms with Crippen molar-refractivity contribution in [3.63, 3.8) is 0 Å². The minimum Gasteiger partial charge on any atom is -0.394 e. The summed E-state index contributed by atoms with van der Waals surface area (Å²) in [7, 11) is 0. The van der Waals surface area contributed by atoms with Gasteiger partial charge in [0.1, 0.15) is 127 Å². The van der Waals surface area contributed by atoms with Gasteiger partial charge < -0.3 is 103 Å². The molecule has 32 heteroatoms. The molecule has 0 spiro atoms. The Morgan fingerprint density at radius 3 is 1.18 bits per heavy atom. The number of guanidine groups is 4. The van der Waals surface area contributed by atoms with Gasteiger partial charge in [0.25, 0.3) is 0 Å². The molecule has 0 amide bonds. The molecule has 8 rings (SSSR count). The number of aliphatic hydroxyl groups excluding tert-OH is 9. The summed E-state index contributed by atoms with van der Waals surface area (Å²) in [5, 5.41) is 115. The van der Waals surface area contributed by atoms with Gasteiger partial charge in [0, 0.05) is 0 Å². The zero-order valence-electron chi connectivity index (χ0n) is 44.1. The fourth-order valence-corrected chi connectivity index (χ4v) is 6.18. The molecule has 8 aliphatic heterocycles. The van der Waals surface area contributed by atoms with Gasteiger partial charge in [0.2, 0.25) is 23.8 Å². The van der Waals surface area contributed by atoms with Crippen LogP contribution < -0.4 is 22.9 Å². The Hall–Kier alpha value is -5.92. The van der Waals surface area contributed by atoms with Crippen LogP contribution in [0, 0.1) is 0 Å². The highest BCUT2D eigenvalue weighted by molar-refractivity contribution is 5.91. The van der Waals surface area contributed by atoms with E-state index in [9.17, 15) is 46.0 Å². The highest BCUT2D eigenvalue weighted by Gasteiger charge is 2.49. The van der Waals surface area contributed by atoms with Gasteiger partial charge in [0.15, 0.2) is 24.9 Å². The van der Waals surface area contributed by atoms with Gasteiger partial charge in [-0.3, -0.25) is 19.6 Å². The van der Waals surface area contributed by atoms with Crippen molar-refractivity contribution in [2.24, 2.45) is 62.9 Å². The Kier molecular flexibility index (Phi) is 13.8. The third-order valence-corrected chi connectivity index (χ3v) is 9.65. The predicted molar refractivity (Wildman–Crippen MR) is 235 cm³/mol. The number of amidine groups is 4. The standard InChI is InChI=1S/4C9H14N4O4/c4*1-4-12-9(10)11-3-13(4)8-7(16)6(15)5(2-14)17-8/h4*3,5-8,14-16H,1-2H2,(H2,10,12)/t4*5-,6?,7+,8-/m1111/s1/i3D,8D;3D,7D;3D,6D;2D2,3D. The van der Waals surface area contributed by atoms with Crippen molar-refractivity contribution in [3.05, 3.63) is 49.6 Å². The van der Waals surface area contributed by atoms with E-state index in [0.717, 1.165) is 19.6 Å². The zero-order valence-corrected chi connectivity index (χ0v) is 35.1. The first kappa shape index (κ1) is 41.1. The molecule has 4 saturated heterocycles. The van der Waals surface area contributed by atoms with Gasteiger partial charge in [-0.1, -0.05) is 26.3 Å². The number of hydrogen-bond acceptors (Lipinski definition) is 32. The van der Waals surface area contributed by atoms with Gasteiger partial charge in [-0.05, 0) is 0 Å². The third-order valence-electron chi connectivity index (χ3n) is 9.65. The number of rotatable bonds is 8. The van der Waals surface area contributed by atoms with Crippen molar-refractivity contribution in [2.45, 2.75) is 98.1 Å². The van der Waals surface area contributed by atoms with E-state index >= 15 is 0 Å². The van der Waals surface area contributed by atoms with E-state index in [2.05, 4.69) is 66.3 Å². The molecule has 0 bridgehead atoms. The summed E-state index contributed by atoms with van der Waals surface area (Å²) < 4.78 is 88.8. The number of ether oxygens (including phenoxy) is 4. The second-order valence-corrected chi connectivity index (χ2v) is 14.2. The monoisotopic (exact) mass is 977 g/mol. The second-order valence-electron chi connectivity index (χ2n) is 14.2. The molecule has 4 fully saturated rings. The number of nitrogens with zero attached hydrogens (tertiary/aromatic N) is 12. The van der Waals surface area contributed by atoms with Crippen molar-refractivity contribution in [2.75, 3.05) is 26.4 Å². The lowest BCUT2D eigenvalue weighted by atomic mass is 10.1. The van der Waals surface area contributed by atoms with Gasteiger partial charge >= 0.3 is 0 Å². The maximum Gasteiger partial charge on any atom is 0.223 e. The minimum atomic E-state index is -2.87. The number of nitrogens with two attached hydrogens (primary N) is 4. The van der Waals surface area contributed by atoms with Gasteiger partial charge in [0.05, 0.1) is 33.2 Å². The Labute approximate surface area is 398 Å². The Morgan fingerprint density at radius 2 is 0.824 bits per heavy atom. The summed E-state index contributed by atoms with van der Waals surface area (Å²) >= 11 is 0. The predicted octanol–water partition coefficient (Wildman–Crippen LogP) is -9.78. The van der Waals surface area contributed by atoms with Crippen LogP contribution in [0.2, 0.25) is 0 Å². The molecule has 376 valence electrons. The number of aliphatic hydroxyl groups is 12. The second kappa shape index (κ2) is 22.9. The Bertz CT molecular complexity index is 2580. The maximum absolute atomic E-state index is 9.96. The molecule has 0 saturated carbocycles. The van der Waals surface area contributed by atoms with E-state index in [-0.39, 0.29) is 47.1 Å². The van der Waals surface area contributed by atoms with Crippen LogP contribution in [0.25, 0.3) is 0 Å². The van der Waals surface area contributed by atoms with E-state index < -0.39 is 150 Å². The van der Waals surface area contributed by atoms with Crippen molar-refractivity contribution < 1.29 is 92.6 Å². The molecule has 8 heterocycles. The smallest absolute Gasteiger partial charge is 0.223 e. The van der Waals surface area contributed by atoms with Crippen LogP contribution >= 0.6 is 0 Å². The van der Waals surface area contributed by atoms with Crippen LogP contribution in [0.3, 0.4) is 0 Å². The number of hydrogen-bond donors (Lipinski definition) is 16. The van der Waals surface area contributed by atoms with E-state index in [1.54, 1.807) is 0 Å². The lowest BCUT2D eigenvalue weighted by Crippen LogP contribution is -2.44. The molecule has 0 aromatic rings. The molecular weight excluding hydrogens is 912 g/mol. The topological polar surface area (TPSA) is 496 Å². The largest absolute Gasteiger partial charge is 0.394 e. The molecule has 0 radical (unpaired) electrons. The molecule has 0 aliphatic carbocycles. The van der Waals surface area contributed by atoms with Crippen molar-refractivity contribution in [1.82, 2.24) is 19.6 Å². The fourth-order valence-electron chi connectivity index (χ4n) is 6.18. The molecule has 16 atom stereocenters. The summed E-state index contributed by atoms with van der Waals surface area (Å²) in [6, 6.07) is 0. The summed E-state index contributed by atoms with van der Waals surface area (Å²) in [4.78, 5) is 32.6. The van der Waals surface area contributed by atoms with Gasteiger partial charge in [-0.15, -0.1) is 0 Å². The first-order valence-electron chi connectivity index (χ1n) is 23.7. The van der Waals surface area contributed by atoms with Crippen LogP contribution in [0.4, 0.5) is 0 Å². The molecule has 0 aromatic carbocycles. The first-order valence-corrected chi connectivity index (χ1v) is 19.2. The Morgan fingerprint density at radius 1 is 0.471 bits per heavy atom. The molecule has 4 unspecified atom stereocenters. The van der Waals surface area contributed by atoms with E-state index in [1.165, 1.54) is 0 Å².